The molecule has 2 aliphatic rings. The van der Waals surface area contributed by atoms with Crippen LogP contribution in [-0.4, -0.2) is 45.9 Å². The molecular weight excluding hydrogens is 388 g/mol. The van der Waals surface area contributed by atoms with Crippen LogP contribution < -0.4 is 4.90 Å². The maximum Gasteiger partial charge on any atom is 0.248 e. The first-order valence-corrected chi connectivity index (χ1v) is 10.9. The minimum atomic E-state index is -0.306. The van der Waals surface area contributed by atoms with Crippen LogP contribution in [0.25, 0.3) is 10.6 Å². The van der Waals surface area contributed by atoms with Crippen molar-refractivity contribution in [3.8, 4) is 10.6 Å². The maximum absolute atomic E-state index is 12.9. The minimum Gasteiger partial charge on any atom is -0.285 e. The van der Waals surface area contributed by atoms with Gasteiger partial charge in [-0.15, -0.1) is 10.2 Å². The summed E-state index contributed by atoms with van der Waals surface area (Å²) in [5, 5.41) is 9.60. The van der Waals surface area contributed by atoms with Crippen LogP contribution in [0, 0.1) is 18.8 Å². The van der Waals surface area contributed by atoms with Gasteiger partial charge in [-0.05, 0) is 26.7 Å². The second-order valence-corrected chi connectivity index (χ2v) is 8.61. The Morgan fingerprint density at radius 3 is 2.31 bits per heavy atom. The predicted molar refractivity (Wildman–Crippen MR) is 110 cm³/mol. The van der Waals surface area contributed by atoms with Crippen molar-refractivity contribution in [2.75, 3.05) is 18.0 Å². The third kappa shape index (κ3) is 3.69. The number of rotatable bonds is 5. The average molecular weight is 413 g/mol. The molecule has 1 aromatic heterocycles. The van der Waals surface area contributed by atoms with Gasteiger partial charge in [0.1, 0.15) is 11.6 Å². The molecule has 8 heteroatoms. The molecule has 2 fully saturated rings. The molecule has 0 bridgehead atoms. The third-order valence-electron chi connectivity index (χ3n) is 5.79. The van der Waals surface area contributed by atoms with Crippen molar-refractivity contribution in [1.29, 1.82) is 0 Å². The Kier molecular flexibility index (Phi) is 5.45. The zero-order chi connectivity index (χ0) is 20.5. The van der Waals surface area contributed by atoms with Crippen molar-refractivity contribution in [1.82, 2.24) is 15.1 Å². The molecule has 3 amide bonds. The van der Waals surface area contributed by atoms with Gasteiger partial charge in [0.2, 0.25) is 22.9 Å². The average Bonchev–Trinajstić information content (AvgIpc) is 3.29. The van der Waals surface area contributed by atoms with Gasteiger partial charge in [0, 0.05) is 12.1 Å². The van der Waals surface area contributed by atoms with Crippen LogP contribution in [0.15, 0.2) is 24.3 Å². The number of hydrogen-bond donors (Lipinski definition) is 0. The van der Waals surface area contributed by atoms with Crippen molar-refractivity contribution in [3.05, 3.63) is 29.8 Å². The Balaban J connectivity index is 1.49. The maximum atomic E-state index is 12.9. The van der Waals surface area contributed by atoms with E-state index < -0.39 is 0 Å². The van der Waals surface area contributed by atoms with E-state index in [9.17, 15) is 14.4 Å². The molecule has 1 aliphatic carbocycles. The van der Waals surface area contributed by atoms with Gasteiger partial charge in [0.25, 0.3) is 0 Å². The predicted octanol–water partition coefficient (Wildman–Crippen LogP) is 3.04. The number of hydrogen-bond acceptors (Lipinski definition) is 6. The van der Waals surface area contributed by atoms with Gasteiger partial charge in [-0.3, -0.25) is 24.2 Å². The molecule has 7 nitrogen and oxygen atoms in total. The summed E-state index contributed by atoms with van der Waals surface area (Å²) in [5.41, 5.74) is 2.10. The van der Waals surface area contributed by atoms with Crippen LogP contribution in [0.2, 0.25) is 0 Å². The van der Waals surface area contributed by atoms with Crippen LogP contribution in [-0.2, 0) is 14.4 Å². The minimum absolute atomic E-state index is 0.193. The number of aryl methyl sites for hydroxylation is 1. The summed E-state index contributed by atoms with van der Waals surface area (Å²) >= 11 is 1.33. The lowest BCUT2D eigenvalue weighted by Crippen LogP contribution is -2.43. The molecule has 2 aromatic rings. The number of carbonyl (C=O) groups excluding carboxylic acids is 3. The van der Waals surface area contributed by atoms with Gasteiger partial charge in [0.15, 0.2) is 0 Å². The lowest BCUT2D eigenvalue weighted by atomic mass is 9.81. The monoisotopic (exact) mass is 412 g/mol. The van der Waals surface area contributed by atoms with E-state index in [0.717, 1.165) is 46.7 Å². The normalized spacial score (nSPS) is 21.4. The third-order valence-corrected chi connectivity index (χ3v) is 6.78. The summed E-state index contributed by atoms with van der Waals surface area (Å²) in [6.45, 7) is 4.03. The molecular formula is C21H24N4O3S. The number of likely N-dealkylation sites (N-methyl/N-ethyl adjacent to an activating group) is 1. The second kappa shape index (κ2) is 8.02. The van der Waals surface area contributed by atoms with Crippen LogP contribution >= 0.6 is 11.3 Å². The zero-order valence-corrected chi connectivity index (χ0v) is 17.4. The molecule has 0 unspecified atom stereocenters. The second-order valence-electron chi connectivity index (χ2n) is 7.65. The Morgan fingerprint density at radius 1 is 1.10 bits per heavy atom. The van der Waals surface area contributed by atoms with E-state index >= 15 is 0 Å². The molecule has 2 atom stereocenters. The molecule has 0 N–H and O–H groups in total. The van der Waals surface area contributed by atoms with Crippen LogP contribution in [0.4, 0.5) is 5.13 Å². The molecule has 0 spiro atoms. The Hall–Kier alpha value is -2.61. The number of imide groups is 1. The fourth-order valence-electron chi connectivity index (χ4n) is 4.16. The summed E-state index contributed by atoms with van der Waals surface area (Å²) in [4.78, 5) is 40.9. The Labute approximate surface area is 173 Å². The molecule has 29 heavy (non-hydrogen) atoms. The number of nitrogens with zero attached hydrogens (tertiary/aromatic N) is 4. The summed E-state index contributed by atoms with van der Waals surface area (Å²) in [6.07, 6.45) is 3.42. The van der Waals surface area contributed by atoms with Crippen molar-refractivity contribution < 1.29 is 14.4 Å². The molecule has 4 rings (SSSR count). The van der Waals surface area contributed by atoms with E-state index in [4.69, 9.17) is 0 Å². The van der Waals surface area contributed by atoms with Gasteiger partial charge in [-0.25, -0.2) is 0 Å². The molecule has 0 radical (unpaired) electrons. The molecule has 1 aromatic carbocycles. The first-order chi connectivity index (χ1) is 14.0. The van der Waals surface area contributed by atoms with Crippen molar-refractivity contribution in [2.45, 2.75) is 39.5 Å². The molecule has 1 saturated heterocycles. The van der Waals surface area contributed by atoms with Crippen LogP contribution in [0.1, 0.15) is 38.2 Å². The van der Waals surface area contributed by atoms with E-state index in [1.54, 1.807) is 0 Å². The number of aromatic nitrogens is 2. The first kappa shape index (κ1) is 19.7. The number of fused-ring (bicyclic) bond motifs is 1. The van der Waals surface area contributed by atoms with E-state index in [2.05, 4.69) is 10.2 Å². The highest BCUT2D eigenvalue weighted by Crippen LogP contribution is 2.38. The van der Waals surface area contributed by atoms with Gasteiger partial charge in [-0.1, -0.05) is 54.0 Å². The largest absolute Gasteiger partial charge is 0.285 e. The molecule has 1 aliphatic heterocycles. The molecule has 152 valence electrons. The van der Waals surface area contributed by atoms with Crippen LogP contribution in [0.3, 0.4) is 0 Å². The summed E-state index contributed by atoms with van der Waals surface area (Å²) < 4.78 is 0. The quantitative estimate of drug-likeness (QED) is 0.705. The van der Waals surface area contributed by atoms with E-state index in [1.165, 1.54) is 16.2 Å². The zero-order valence-electron chi connectivity index (χ0n) is 16.6. The topological polar surface area (TPSA) is 83.5 Å². The molecule has 2 heterocycles. The summed E-state index contributed by atoms with van der Waals surface area (Å²) in [7, 11) is 0. The van der Waals surface area contributed by atoms with Gasteiger partial charge >= 0.3 is 0 Å². The Bertz CT molecular complexity index is 916. The van der Waals surface area contributed by atoms with E-state index in [0.29, 0.717) is 11.7 Å². The van der Waals surface area contributed by atoms with E-state index in [-0.39, 0.29) is 36.1 Å². The van der Waals surface area contributed by atoms with Crippen LogP contribution in [0.5, 0.6) is 0 Å². The molecule has 1 saturated carbocycles. The van der Waals surface area contributed by atoms with Crippen molar-refractivity contribution in [3.63, 3.8) is 0 Å². The standard InChI is InChI=1S/C21H24N4O3S/c1-3-24(21-23-22-18(29-21)14-10-8-13(2)9-11-14)17(26)12-25-19(27)15-6-4-5-7-16(15)20(25)28/h8-11,15-16H,3-7,12H2,1-2H3/t15-,16+. The highest BCUT2D eigenvalue weighted by atomic mass is 32.1. The lowest BCUT2D eigenvalue weighted by Gasteiger charge is -2.21. The van der Waals surface area contributed by atoms with Gasteiger partial charge in [-0.2, -0.15) is 0 Å². The van der Waals surface area contributed by atoms with Crippen molar-refractivity contribution in [2.24, 2.45) is 11.8 Å². The number of amides is 3. The fraction of sp³-hybridized carbons (Fsp3) is 0.476. The number of likely N-dealkylation sites (tertiary alicyclic amines) is 1. The fourth-order valence-corrected chi connectivity index (χ4v) is 5.09. The number of carbonyl (C=O) groups is 3. The lowest BCUT2D eigenvalue weighted by molar-refractivity contribution is -0.143. The smallest absolute Gasteiger partial charge is 0.248 e. The number of benzene rings is 1. The SMILES string of the molecule is CCN(C(=O)CN1C(=O)[C@H]2CCCC[C@H]2C1=O)c1nnc(-c2ccc(C)cc2)s1. The van der Waals surface area contributed by atoms with Gasteiger partial charge < -0.3 is 0 Å². The number of anilines is 1. The highest BCUT2D eigenvalue weighted by molar-refractivity contribution is 7.18. The van der Waals surface area contributed by atoms with Gasteiger partial charge in [0.05, 0.1) is 11.8 Å². The Morgan fingerprint density at radius 2 is 1.72 bits per heavy atom. The highest BCUT2D eigenvalue weighted by Gasteiger charge is 2.48. The van der Waals surface area contributed by atoms with E-state index in [1.807, 2.05) is 38.1 Å². The first-order valence-electron chi connectivity index (χ1n) is 10.1. The summed E-state index contributed by atoms with van der Waals surface area (Å²) in [6, 6.07) is 7.95. The summed E-state index contributed by atoms with van der Waals surface area (Å²) in [5.74, 6) is -1.18. The van der Waals surface area contributed by atoms with Crippen molar-refractivity contribution >= 4 is 34.2 Å².